The van der Waals surface area contributed by atoms with Gasteiger partial charge in [0.15, 0.2) is 11.9 Å². The second kappa shape index (κ2) is 6.15. The fourth-order valence-corrected chi connectivity index (χ4v) is 3.08. The molecular formula is C20H17N3O3. The number of rotatable bonds is 3. The number of carbonyl (C=O) groups is 1. The number of benzene rings is 2. The van der Waals surface area contributed by atoms with Crippen molar-refractivity contribution in [3.8, 4) is 0 Å². The standard InChI is InChI=1S/C20H17N3O3/c1-12(18-21-16-9-5-3-8-14(16)19(24)22-18)26-20(25)15-11-23(2)17-10-6-4-7-13(15)17/h3-12H,1-2H3,(H,21,22,24). The third-order valence-electron chi connectivity index (χ3n) is 4.42. The monoisotopic (exact) mass is 347 g/mol. The van der Waals surface area contributed by atoms with Crippen molar-refractivity contribution >= 4 is 27.8 Å². The normalized spacial score (nSPS) is 12.4. The zero-order chi connectivity index (χ0) is 18.3. The molecule has 4 aromatic rings. The lowest BCUT2D eigenvalue weighted by Crippen LogP contribution is -2.17. The Labute approximate surface area is 149 Å². The highest BCUT2D eigenvalue weighted by atomic mass is 16.5. The predicted octanol–water partition coefficient (Wildman–Crippen LogP) is 3.33. The van der Waals surface area contributed by atoms with Crippen LogP contribution in [0.25, 0.3) is 21.8 Å². The smallest absolute Gasteiger partial charge is 0.341 e. The zero-order valence-electron chi connectivity index (χ0n) is 14.4. The van der Waals surface area contributed by atoms with Gasteiger partial charge in [-0.3, -0.25) is 4.79 Å². The number of para-hydroxylation sites is 2. The van der Waals surface area contributed by atoms with Crippen LogP contribution < -0.4 is 5.56 Å². The number of nitrogens with zero attached hydrogens (tertiary/aromatic N) is 2. The van der Waals surface area contributed by atoms with Crippen molar-refractivity contribution in [2.24, 2.45) is 7.05 Å². The Morgan fingerprint density at radius 1 is 1.12 bits per heavy atom. The minimum atomic E-state index is -0.682. The molecule has 1 unspecified atom stereocenters. The number of esters is 1. The lowest BCUT2D eigenvalue weighted by Gasteiger charge is -2.12. The predicted molar refractivity (Wildman–Crippen MR) is 99.1 cm³/mol. The molecule has 0 aliphatic heterocycles. The molecule has 1 atom stereocenters. The van der Waals surface area contributed by atoms with Crippen LogP contribution in [-0.2, 0) is 11.8 Å². The van der Waals surface area contributed by atoms with E-state index >= 15 is 0 Å². The van der Waals surface area contributed by atoms with E-state index < -0.39 is 12.1 Å². The van der Waals surface area contributed by atoms with Crippen LogP contribution in [0.15, 0.2) is 59.5 Å². The van der Waals surface area contributed by atoms with Gasteiger partial charge >= 0.3 is 5.97 Å². The van der Waals surface area contributed by atoms with Crippen LogP contribution >= 0.6 is 0 Å². The molecule has 0 amide bonds. The molecule has 2 aromatic carbocycles. The molecule has 1 N–H and O–H groups in total. The van der Waals surface area contributed by atoms with Crippen LogP contribution in [-0.4, -0.2) is 20.5 Å². The van der Waals surface area contributed by atoms with E-state index in [2.05, 4.69) is 9.97 Å². The van der Waals surface area contributed by atoms with Gasteiger partial charge in [0.05, 0.1) is 16.5 Å². The lowest BCUT2D eigenvalue weighted by atomic mass is 10.2. The number of fused-ring (bicyclic) bond motifs is 2. The molecule has 0 saturated heterocycles. The number of aromatic amines is 1. The van der Waals surface area contributed by atoms with Crippen LogP contribution in [0, 0.1) is 0 Å². The summed E-state index contributed by atoms with van der Waals surface area (Å²) in [5.74, 6) is -0.132. The Hall–Kier alpha value is -3.41. The summed E-state index contributed by atoms with van der Waals surface area (Å²) in [6, 6.07) is 14.7. The van der Waals surface area contributed by atoms with Gasteiger partial charge in [0.25, 0.3) is 5.56 Å². The van der Waals surface area contributed by atoms with E-state index in [0.29, 0.717) is 22.3 Å². The molecule has 0 saturated carbocycles. The Morgan fingerprint density at radius 3 is 2.62 bits per heavy atom. The first-order valence-corrected chi connectivity index (χ1v) is 8.28. The molecule has 0 bridgehead atoms. The van der Waals surface area contributed by atoms with Gasteiger partial charge in [0.1, 0.15) is 0 Å². The maximum absolute atomic E-state index is 12.6. The van der Waals surface area contributed by atoms with Crippen molar-refractivity contribution in [2.45, 2.75) is 13.0 Å². The Kier molecular flexibility index (Phi) is 3.80. The molecule has 2 heterocycles. The molecular weight excluding hydrogens is 330 g/mol. The van der Waals surface area contributed by atoms with Crippen molar-refractivity contribution in [3.63, 3.8) is 0 Å². The van der Waals surface area contributed by atoms with Gasteiger partial charge in [0.2, 0.25) is 0 Å². The van der Waals surface area contributed by atoms with E-state index in [1.807, 2.05) is 41.9 Å². The van der Waals surface area contributed by atoms with Crippen molar-refractivity contribution < 1.29 is 9.53 Å². The first-order chi connectivity index (χ1) is 12.5. The fourth-order valence-electron chi connectivity index (χ4n) is 3.08. The van der Waals surface area contributed by atoms with Crippen LogP contribution in [0.1, 0.15) is 29.2 Å². The number of carbonyl (C=O) groups excluding carboxylic acids is 1. The second-order valence-electron chi connectivity index (χ2n) is 6.19. The van der Waals surface area contributed by atoms with Crippen molar-refractivity contribution in [1.82, 2.24) is 14.5 Å². The first-order valence-electron chi connectivity index (χ1n) is 8.28. The summed E-state index contributed by atoms with van der Waals surface area (Å²) in [6.45, 7) is 1.69. The van der Waals surface area contributed by atoms with Crippen molar-refractivity contribution in [2.75, 3.05) is 0 Å². The Balaban J connectivity index is 1.66. The van der Waals surface area contributed by atoms with Crippen molar-refractivity contribution in [1.29, 1.82) is 0 Å². The number of aryl methyl sites for hydroxylation is 1. The maximum atomic E-state index is 12.6. The molecule has 6 heteroatoms. The Bertz CT molecular complexity index is 1190. The summed E-state index contributed by atoms with van der Waals surface area (Å²) >= 11 is 0. The third-order valence-corrected chi connectivity index (χ3v) is 4.42. The molecule has 26 heavy (non-hydrogen) atoms. The second-order valence-corrected chi connectivity index (χ2v) is 6.19. The number of hydrogen-bond acceptors (Lipinski definition) is 4. The summed E-state index contributed by atoms with van der Waals surface area (Å²) in [5.41, 5.74) is 1.75. The molecule has 0 spiro atoms. The highest BCUT2D eigenvalue weighted by Crippen LogP contribution is 2.23. The van der Waals surface area contributed by atoms with Crippen LogP contribution in [0.4, 0.5) is 0 Å². The molecule has 4 rings (SSSR count). The number of H-pyrrole nitrogens is 1. The number of nitrogens with one attached hydrogen (secondary N) is 1. The first kappa shape index (κ1) is 16.1. The van der Waals surface area contributed by atoms with Crippen LogP contribution in [0.2, 0.25) is 0 Å². The maximum Gasteiger partial charge on any atom is 0.341 e. The molecule has 0 radical (unpaired) electrons. The molecule has 6 nitrogen and oxygen atoms in total. The van der Waals surface area contributed by atoms with Gasteiger partial charge in [-0.1, -0.05) is 30.3 Å². The topological polar surface area (TPSA) is 77.0 Å². The van der Waals surface area contributed by atoms with Crippen LogP contribution in [0.3, 0.4) is 0 Å². The van der Waals surface area contributed by atoms with Crippen LogP contribution in [0.5, 0.6) is 0 Å². The minimum Gasteiger partial charge on any atom is -0.451 e. The van der Waals surface area contributed by atoms with E-state index in [1.54, 1.807) is 31.3 Å². The largest absolute Gasteiger partial charge is 0.451 e. The number of ether oxygens (including phenoxy) is 1. The quantitative estimate of drug-likeness (QED) is 0.577. The highest BCUT2D eigenvalue weighted by Gasteiger charge is 2.20. The lowest BCUT2D eigenvalue weighted by molar-refractivity contribution is 0.0322. The SMILES string of the molecule is CC(OC(=O)c1cn(C)c2ccccc12)c1nc2ccccc2c(=O)[nH]1. The van der Waals surface area contributed by atoms with Gasteiger partial charge in [-0.2, -0.15) is 0 Å². The van der Waals surface area contributed by atoms with Gasteiger partial charge in [-0.25, -0.2) is 9.78 Å². The summed E-state index contributed by atoms with van der Waals surface area (Å²) in [7, 11) is 1.88. The molecule has 0 aliphatic carbocycles. The summed E-state index contributed by atoms with van der Waals surface area (Å²) in [4.78, 5) is 32.0. The van der Waals surface area contributed by atoms with Gasteiger partial charge in [-0.05, 0) is 25.1 Å². The molecule has 130 valence electrons. The van der Waals surface area contributed by atoms with E-state index in [4.69, 9.17) is 4.74 Å². The molecule has 0 fully saturated rings. The van der Waals surface area contributed by atoms with Gasteiger partial charge in [-0.15, -0.1) is 0 Å². The third kappa shape index (κ3) is 2.65. The van der Waals surface area contributed by atoms with Gasteiger partial charge < -0.3 is 14.3 Å². The summed E-state index contributed by atoms with van der Waals surface area (Å²) in [5, 5.41) is 1.33. The Morgan fingerprint density at radius 2 is 1.81 bits per heavy atom. The molecule has 0 aliphatic rings. The highest BCUT2D eigenvalue weighted by molar-refractivity contribution is 6.04. The average Bonchev–Trinajstić information content (AvgIpc) is 2.99. The summed E-state index contributed by atoms with van der Waals surface area (Å²) < 4.78 is 7.44. The van der Waals surface area contributed by atoms with Gasteiger partial charge in [0, 0.05) is 24.1 Å². The van der Waals surface area contributed by atoms with E-state index in [1.165, 1.54) is 0 Å². The summed E-state index contributed by atoms with van der Waals surface area (Å²) in [6.07, 6.45) is 1.06. The zero-order valence-corrected chi connectivity index (χ0v) is 14.4. The van der Waals surface area contributed by atoms with E-state index in [9.17, 15) is 9.59 Å². The minimum absolute atomic E-state index is 0.251. The average molecular weight is 347 g/mol. The number of hydrogen-bond donors (Lipinski definition) is 1. The number of aromatic nitrogens is 3. The van der Waals surface area contributed by atoms with E-state index in [-0.39, 0.29) is 5.56 Å². The fraction of sp³-hybridized carbons (Fsp3) is 0.150. The van der Waals surface area contributed by atoms with E-state index in [0.717, 1.165) is 10.9 Å². The molecule has 2 aromatic heterocycles. The van der Waals surface area contributed by atoms with Crippen molar-refractivity contribution in [3.05, 3.63) is 76.5 Å².